The van der Waals surface area contributed by atoms with Gasteiger partial charge in [-0.3, -0.25) is 0 Å². The second-order valence-electron chi connectivity index (χ2n) is 8.60. The topological polar surface area (TPSA) is 92.3 Å². The van der Waals surface area contributed by atoms with Gasteiger partial charge < -0.3 is 29.0 Å². The Kier molecular flexibility index (Phi) is 10.1. The van der Waals surface area contributed by atoms with E-state index in [4.69, 9.17) is 23.7 Å². The quantitative estimate of drug-likeness (QED) is 0.439. The van der Waals surface area contributed by atoms with Gasteiger partial charge in [0.2, 0.25) is 0 Å². The summed E-state index contributed by atoms with van der Waals surface area (Å²) in [5, 5.41) is 2.54. The molecule has 0 saturated carbocycles. The normalized spacial score (nSPS) is 20.1. The van der Waals surface area contributed by atoms with Crippen molar-refractivity contribution in [2.24, 2.45) is 0 Å². The molecule has 1 amide bonds. The van der Waals surface area contributed by atoms with Gasteiger partial charge in [-0.2, -0.15) is 0 Å². The van der Waals surface area contributed by atoms with Gasteiger partial charge in [0.05, 0.1) is 26.4 Å². The first-order chi connectivity index (χ1) is 18.2. The van der Waals surface area contributed by atoms with Gasteiger partial charge in [-0.05, 0) is 16.7 Å². The summed E-state index contributed by atoms with van der Waals surface area (Å²) in [6, 6.07) is 27.7. The minimum atomic E-state index is -1.02. The minimum Gasteiger partial charge on any atom is -0.461 e. The number of hydrogen-bond acceptors (Lipinski definition) is 7. The third-order valence-corrected chi connectivity index (χ3v) is 5.77. The smallest absolute Gasteiger partial charge is 0.408 e. The monoisotopic (exact) mass is 505 g/mol. The van der Waals surface area contributed by atoms with Crippen LogP contribution in [-0.4, -0.2) is 50.1 Å². The van der Waals surface area contributed by atoms with Gasteiger partial charge in [0.15, 0.2) is 6.04 Å². The van der Waals surface area contributed by atoms with E-state index in [-0.39, 0.29) is 26.4 Å². The summed E-state index contributed by atoms with van der Waals surface area (Å²) in [4.78, 5) is 25.1. The third-order valence-electron chi connectivity index (χ3n) is 5.77. The first-order valence-corrected chi connectivity index (χ1v) is 12.2. The van der Waals surface area contributed by atoms with E-state index in [1.54, 1.807) is 0 Å². The largest absolute Gasteiger partial charge is 0.461 e. The fourth-order valence-electron chi connectivity index (χ4n) is 3.72. The summed E-state index contributed by atoms with van der Waals surface area (Å²) in [5.74, 6) is -0.631. The summed E-state index contributed by atoms with van der Waals surface area (Å²) in [6.45, 7) is 0.769. The van der Waals surface area contributed by atoms with Crippen LogP contribution in [0.5, 0.6) is 0 Å². The number of cyclic esters (lactones) is 1. The highest BCUT2D eigenvalue weighted by Gasteiger charge is 2.32. The molecule has 0 bridgehead atoms. The molecule has 0 aliphatic carbocycles. The Hall–Kier alpha value is -3.72. The summed E-state index contributed by atoms with van der Waals surface area (Å²) in [5.41, 5.74) is 2.82. The van der Waals surface area contributed by atoms with Crippen LogP contribution in [0.3, 0.4) is 0 Å². The second-order valence-corrected chi connectivity index (χ2v) is 8.60. The molecule has 1 N–H and O–H groups in total. The SMILES string of the molecule is O=C(NC1COCC(OCc2ccccc2)C(OCc2ccccc2)COC1=O)OCc1ccccc1. The molecule has 8 heteroatoms. The fraction of sp³-hybridized carbons (Fsp3) is 0.310. The zero-order chi connectivity index (χ0) is 25.7. The van der Waals surface area contributed by atoms with Crippen LogP contribution in [0.25, 0.3) is 0 Å². The van der Waals surface area contributed by atoms with Crippen molar-refractivity contribution in [3.05, 3.63) is 108 Å². The highest BCUT2D eigenvalue weighted by molar-refractivity contribution is 5.81. The van der Waals surface area contributed by atoms with Crippen molar-refractivity contribution in [1.82, 2.24) is 5.32 Å². The van der Waals surface area contributed by atoms with Crippen molar-refractivity contribution in [2.75, 3.05) is 19.8 Å². The molecule has 1 aliphatic rings. The van der Waals surface area contributed by atoms with Crippen molar-refractivity contribution in [3.63, 3.8) is 0 Å². The molecule has 0 radical (unpaired) electrons. The predicted octanol–water partition coefficient (Wildman–Crippen LogP) is 4.03. The average Bonchev–Trinajstić information content (AvgIpc) is 3.01. The Morgan fingerprint density at radius 1 is 0.703 bits per heavy atom. The first-order valence-electron chi connectivity index (χ1n) is 12.2. The van der Waals surface area contributed by atoms with Crippen molar-refractivity contribution < 1.29 is 33.3 Å². The molecule has 1 aliphatic heterocycles. The molecule has 37 heavy (non-hydrogen) atoms. The number of esters is 1. The fourth-order valence-corrected chi connectivity index (χ4v) is 3.72. The van der Waals surface area contributed by atoms with Crippen molar-refractivity contribution in [2.45, 2.75) is 38.1 Å². The number of carbonyl (C=O) groups is 2. The van der Waals surface area contributed by atoms with E-state index >= 15 is 0 Å². The van der Waals surface area contributed by atoms with Gasteiger partial charge in [-0.1, -0.05) is 91.0 Å². The first kappa shape index (κ1) is 26.3. The Morgan fingerprint density at radius 3 is 1.73 bits per heavy atom. The van der Waals surface area contributed by atoms with Crippen LogP contribution >= 0.6 is 0 Å². The van der Waals surface area contributed by atoms with Crippen LogP contribution in [0, 0.1) is 0 Å². The number of nitrogens with one attached hydrogen (secondary N) is 1. The average molecular weight is 506 g/mol. The number of carbonyl (C=O) groups excluding carboxylic acids is 2. The molecule has 1 saturated heterocycles. The standard InChI is InChI=1S/C29H31NO7/c31-28-25(30-29(32)37-18-24-14-8-3-9-15-24)19-33-20-26(34-16-22-10-4-1-5-11-22)27(21-36-28)35-17-23-12-6-2-7-13-23/h1-15,25-27H,16-21H2,(H,30,32). The lowest BCUT2D eigenvalue weighted by molar-refractivity contribution is -0.156. The number of amides is 1. The maximum atomic E-state index is 12.8. The predicted molar refractivity (Wildman–Crippen MR) is 135 cm³/mol. The summed E-state index contributed by atoms with van der Waals surface area (Å²) in [6.07, 6.45) is -1.81. The molecule has 3 unspecified atom stereocenters. The highest BCUT2D eigenvalue weighted by Crippen LogP contribution is 2.15. The summed E-state index contributed by atoms with van der Waals surface area (Å²) < 4.78 is 28.8. The Bertz CT molecular complexity index is 1100. The van der Waals surface area contributed by atoms with Crippen LogP contribution < -0.4 is 5.32 Å². The lowest BCUT2D eigenvalue weighted by Gasteiger charge is -2.26. The molecule has 0 aromatic heterocycles. The molecular formula is C29H31NO7. The van der Waals surface area contributed by atoms with Crippen LogP contribution in [0.4, 0.5) is 4.79 Å². The van der Waals surface area contributed by atoms with E-state index in [1.807, 2.05) is 91.0 Å². The number of benzene rings is 3. The number of alkyl carbamates (subject to hydrolysis) is 1. The van der Waals surface area contributed by atoms with Gasteiger partial charge in [0.1, 0.15) is 25.4 Å². The molecule has 1 fully saturated rings. The molecule has 3 aromatic carbocycles. The number of rotatable bonds is 9. The molecule has 3 atom stereocenters. The molecular weight excluding hydrogens is 474 g/mol. The van der Waals surface area contributed by atoms with Crippen LogP contribution in [0.2, 0.25) is 0 Å². The molecule has 194 valence electrons. The Morgan fingerprint density at radius 2 is 1.19 bits per heavy atom. The van der Waals surface area contributed by atoms with Crippen LogP contribution in [0.1, 0.15) is 16.7 Å². The van der Waals surface area contributed by atoms with E-state index in [2.05, 4.69) is 5.32 Å². The van der Waals surface area contributed by atoms with E-state index < -0.39 is 30.3 Å². The van der Waals surface area contributed by atoms with Gasteiger partial charge in [0.25, 0.3) is 0 Å². The lowest BCUT2D eigenvalue weighted by Crippen LogP contribution is -2.45. The van der Waals surface area contributed by atoms with Crippen LogP contribution in [0.15, 0.2) is 91.0 Å². The summed E-state index contributed by atoms with van der Waals surface area (Å²) in [7, 11) is 0. The number of hydrogen-bond donors (Lipinski definition) is 1. The summed E-state index contributed by atoms with van der Waals surface area (Å²) >= 11 is 0. The lowest BCUT2D eigenvalue weighted by atomic mass is 10.2. The van der Waals surface area contributed by atoms with E-state index in [1.165, 1.54) is 0 Å². The number of ether oxygens (including phenoxy) is 5. The second kappa shape index (κ2) is 14.1. The molecule has 0 spiro atoms. The molecule has 4 rings (SSSR count). The van der Waals surface area contributed by atoms with E-state index in [9.17, 15) is 9.59 Å². The zero-order valence-electron chi connectivity index (χ0n) is 20.5. The zero-order valence-corrected chi connectivity index (χ0v) is 20.5. The highest BCUT2D eigenvalue weighted by atomic mass is 16.6. The van der Waals surface area contributed by atoms with Gasteiger partial charge in [-0.15, -0.1) is 0 Å². The van der Waals surface area contributed by atoms with Crippen molar-refractivity contribution >= 4 is 12.1 Å². The third kappa shape index (κ3) is 8.71. The maximum absolute atomic E-state index is 12.8. The molecule has 8 nitrogen and oxygen atoms in total. The maximum Gasteiger partial charge on any atom is 0.408 e. The Balaban J connectivity index is 1.36. The van der Waals surface area contributed by atoms with Crippen molar-refractivity contribution in [3.8, 4) is 0 Å². The van der Waals surface area contributed by atoms with Crippen LogP contribution in [-0.2, 0) is 48.3 Å². The Labute approximate surface area is 216 Å². The molecule has 3 aromatic rings. The molecule has 1 heterocycles. The van der Waals surface area contributed by atoms with E-state index in [0.717, 1.165) is 16.7 Å². The van der Waals surface area contributed by atoms with Gasteiger partial charge in [0, 0.05) is 0 Å². The van der Waals surface area contributed by atoms with Gasteiger partial charge in [-0.25, -0.2) is 9.59 Å². The minimum absolute atomic E-state index is 0.0499. The van der Waals surface area contributed by atoms with Gasteiger partial charge >= 0.3 is 12.1 Å². The van der Waals surface area contributed by atoms with Crippen molar-refractivity contribution in [1.29, 1.82) is 0 Å². The van der Waals surface area contributed by atoms with E-state index in [0.29, 0.717) is 13.2 Å².